The molecule has 65 heavy (non-hydrogen) atoms. The van der Waals surface area contributed by atoms with Crippen LogP contribution in [0.4, 0.5) is 9.59 Å². The van der Waals surface area contributed by atoms with E-state index in [2.05, 4.69) is 26.7 Å². The number of alkyl carbamates (subject to hydrolysis) is 1. The molecule has 0 spiro atoms. The largest absolute Gasteiger partial charge is 0.467 e. The smallest absolute Gasteiger partial charge is 0.426 e. The molecule has 4 aromatic carbocycles. The van der Waals surface area contributed by atoms with Gasteiger partial charge in [-0.05, 0) is 48.9 Å². The third-order valence-electron chi connectivity index (χ3n) is 10.1. The molecule has 0 saturated heterocycles. The maximum absolute atomic E-state index is 14.5. The van der Waals surface area contributed by atoms with Crippen LogP contribution in [0.25, 0.3) is 0 Å². The SMILES string of the molecule is CC[C@H](C)[C@H](NC(=O)[C@H](Cc1ccccc1)NC(=O)CN(NC(=O)OCc1ccccc1)C(=O)[C@H](Cc1ccccc1)NC(=O)OC(C)(C)C)C(=O)N[C@@H](Cc1ccccc1)C(=O)OC. The number of hydrogen-bond acceptors (Lipinski definition) is 10. The minimum Gasteiger partial charge on any atom is -0.467 e. The van der Waals surface area contributed by atoms with Crippen LogP contribution < -0.4 is 26.7 Å². The first-order chi connectivity index (χ1) is 31.0. The highest BCUT2D eigenvalue weighted by molar-refractivity contribution is 5.95. The van der Waals surface area contributed by atoms with Crippen LogP contribution in [-0.2, 0) is 64.1 Å². The van der Waals surface area contributed by atoms with Crippen LogP contribution in [-0.4, -0.2) is 90.2 Å². The fourth-order valence-electron chi connectivity index (χ4n) is 6.57. The summed E-state index contributed by atoms with van der Waals surface area (Å²) in [6, 6.07) is 30.6. The summed E-state index contributed by atoms with van der Waals surface area (Å²) in [4.78, 5) is 96.1. The number of carbonyl (C=O) groups is 7. The zero-order chi connectivity index (χ0) is 47.4. The van der Waals surface area contributed by atoms with E-state index in [9.17, 15) is 33.6 Å². The van der Waals surface area contributed by atoms with Crippen LogP contribution in [0.15, 0.2) is 121 Å². The molecule has 4 rings (SSSR count). The fraction of sp³-hybridized carbons (Fsp3) is 0.367. The third-order valence-corrected chi connectivity index (χ3v) is 10.1. The van der Waals surface area contributed by atoms with Gasteiger partial charge >= 0.3 is 18.2 Å². The van der Waals surface area contributed by atoms with Gasteiger partial charge in [-0.15, -0.1) is 0 Å². The molecule has 6 amide bonds. The Hall–Kier alpha value is -7.23. The van der Waals surface area contributed by atoms with Crippen molar-refractivity contribution >= 4 is 41.8 Å². The van der Waals surface area contributed by atoms with E-state index in [0.717, 1.165) is 5.56 Å². The molecule has 0 aliphatic heterocycles. The van der Waals surface area contributed by atoms with Gasteiger partial charge in [0.1, 0.15) is 42.9 Å². The molecular formula is C49H60N6O10. The first-order valence-corrected chi connectivity index (χ1v) is 21.4. The van der Waals surface area contributed by atoms with Gasteiger partial charge in [-0.25, -0.2) is 24.8 Å². The molecule has 0 heterocycles. The second-order valence-corrected chi connectivity index (χ2v) is 16.4. The Morgan fingerprint density at radius 3 is 1.54 bits per heavy atom. The van der Waals surface area contributed by atoms with Gasteiger partial charge in [0.15, 0.2) is 0 Å². The normalized spacial score (nSPS) is 13.3. The Morgan fingerprint density at radius 2 is 1.06 bits per heavy atom. The summed E-state index contributed by atoms with van der Waals surface area (Å²) < 4.78 is 15.8. The maximum Gasteiger partial charge on any atom is 0.426 e. The van der Waals surface area contributed by atoms with E-state index >= 15 is 0 Å². The number of hydrogen-bond donors (Lipinski definition) is 5. The summed E-state index contributed by atoms with van der Waals surface area (Å²) in [5.41, 5.74) is 4.17. The summed E-state index contributed by atoms with van der Waals surface area (Å²) >= 11 is 0. The number of ether oxygens (including phenoxy) is 3. The van der Waals surface area contributed by atoms with Crippen molar-refractivity contribution < 1.29 is 47.8 Å². The molecular weight excluding hydrogens is 833 g/mol. The van der Waals surface area contributed by atoms with Gasteiger partial charge in [0.25, 0.3) is 5.91 Å². The number of esters is 1. The van der Waals surface area contributed by atoms with Gasteiger partial charge in [-0.1, -0.05) is 142 Å². The van der Waals surface area contributed by atoms with Crippen LogP contribution in [0, 0.1) is 5.92 Å². The summed E-state index contributed by atoms with van der Waals surface area (Å²) in [6.45, 7) is 7.58. The maximum atomic E-state index is 14.5. The van der Waals surface area contributed by atoms with E-state index in [0.29, 0.717) is 28.1 Å². The molecule has 346 valence electrons. The minimum atomic E-state index is -1.36. The zero-order valence-corrected chi connectivity index (χ0v) is 37.7. The van der Waals surface area contributed by atoms with E-state index in [1.807, 2.05) is 37.3 Å². The number of nitrogens with one attached hydrogen (secondary N) is 5. The highest BCUT2D eigenvalue weighted by Crippen LogP contribution is 2.14. The quantitative estimate of drug-likeness (QED) is 0.0458. The van der Waals surface area contributed by atoms with E-state index in [4.69, 9.17) is 14.2 Å². The highest BCUT2D eigenvalue weighted by atomic mass is 16.6. The standard InChI is InChI=1S/C49H60N6O10/c1-7-33(2)42(44(58)51-40(46(60)63-6)30-36-24-16-10-17-25-36)53-43(57)38(28-34-20-12-8-13-21-34)50-41(56)31-55(54-48(62)64-32-37-26-18-11-19-27-37)45(59)39(29-35-22-14-9-15-23-35)52-47(61)65-49(3,4)5/h8-27,33,38-40,42H,7,28-32H2,1-6H3,(H,50,56)(H,51,58)(H,52,61)(H,53,57)(H,54,62)/t33-,38-,39-,40-,42-/m0/s1. The summed E-state index contributed by atoms with van der Waals surface area (Å²) in [6.07, 6.45) is -1.50. The molecule has 0 aliphatic rings. The van der Waals surface area contributed by atoms with Crippen LogP contribution in [0.3, 0.4) is 0 Å². The number of methoxy groups -OCH3 is 1. The first-order valence-electron chi connectivity index (χ1n) is 21.4. The topological polar surface area (TPSA) is 211 Å². The molecule has 4 aromatic rings. The zero-order valence-electron chi connectivity index (χ0n) is 37.7. The van der Waals surface area contributed by atoms with E-state index < -0.39 is 84.0 Å². The lowest BCUT2D eigenvalue weighted by molar-refractivity contribution is -0.145. The lowest BCUT2D eigenvalue weighted by Crippen LogP contribution is -2.60. The number of amides is 6. The van der Waals surface area contributed by atoms with Crippen molar-refractivity contribution in [3.8, 4) is 0 Å². The van der Waals surface area contributed by atoms with Crippen molar-refractivity contribution in [3.63, 3.8) is 0 Å². The fourth-order valence-corrected chi connectivity index (χ4v) is 6.57. The Morgan fingerprint density at radius 1 is 0.585 bits per heavy atom. The predicted molar refractivity (Wildman–Crippen MR) is 242 cm³/mol. The molecule has 5 N–H and O–H groups in total. The van der Waals surface area contributed by atoms with Gasteiger partial charge in [-0.2, -0.15) is 0 Å². The average Bonchev–Trinajstić information content (AvgIpc) is 3.29. The van der Waals surface area contributed by atoms with Gasteiger partial charge in [0.05, 0.1) is 7.11 Å². The van der Waals surface area contributed by atoms with Crippen LogP contribution >= 0.6 is 0 Å². The van der Waals surface area contributed by atoms with Crippen molar-refractivity contribution in [2.24, 2.45) is 5.92 Å². The number of hydrazine groups is 1. The molecule has 5 atom stereocenters. The highest BCUT2D eigenvalue weighted by Gasteiger charge is 2.35. The van der Waals surface area contributed by atoms with Gasteiger partial charge < -0.3 is 35.5 Å². The van der Waals surface area contributed by atoms with Crippen molar-refractivity contribution in [2.45, 2.75) is 96.7 Å². The van der Waals surface area contributed by atoms with Crippen molar-refractivity contribution in [2.75, 3.05) is 13.7 Å². The van der Waals surface area contributed by atoms with Crippen LogP contribution in [0.5, 0.6) is 0 Å². The summed E-state index contributed by atoms with van der Waals surface area (Å²) in [5, 5.41) is 11.5. The van der Waals surface area contributed by atoms with E-state index in [1.54, 1.807) is 119 Å². The van der Waals surface area contributed by atoms with Gasteiger partial charge in [0, 0.05) is 19.3 Å². The molecule has 0 aliphatic carbocycles. The molecule has 0 radical (unpaired) electrons. The Labute approximate surface area is 380 Å². The van der Waals surface area contributed by atoms with Crippen molar-refractivity contribution in [1.29, 1.82) is 0 Å². The van der Waals surface area contributed by atoms with Gasteiger partial charge in [0.2, 0.25) is 17.7 Å². The number of benzene rings is 4. The van der Waals surface area contributed by atoms with Crippen molar-refractivity contribution in [3.05, 3.63) is 144 Å². The predicted octanol–water partition coefficient (Wildman–Crippen LogP) is 4.95. The van der Waals surface area contributed by atoms with Crippen LogP contribution in [0.2, 0.25) is 0 Å². The summed E-state index contributed by atoms with van der Waals surface area (Å²) in [7, 11) is 1.22. The Kier molecular flexibility index (Phi) is 19.5. The molecule has 0 bridgehead atoms. The second kappa shape index (κ2) is 25.2. The molecule has 0 saturated carbocycles. The molecule has 0 aromatic heterocycles. The number of rotatable bonds is 20. The number of carbonyl (C=O) groups excluding carboxylic acids is 7. The Bertz CT molecular complexity index is 2170. The monoisotopic (exact) mass is 892 g/mol. The molecule has 0 unspecified atom stereocenters. The lowest BCUT2D eigenvalue weighted by atomic mass is 9.96. The average molecular weight is 893 g/mol. The second-order valence-electron chi connectivity index (χ2n) is 16.4. The van der Waals surface area contributed by atoms with Crippen molar-refractivity contribution in [1.82, 2.24) is 31.7 Å². The van der Waals surface area contributed by atoms with Gasteiger partial charge in [-0.3, -0.25) is 19.2 Å². The number of nitrogens with zero attached hydrogens (tertiary/aromatic N) is 1. The Balaban J connectivity index is 1.62. The summed E-state index contributed by atoms with van der Waals surface area (Å²) in [5.74, 6) is -4.26. The first kappa shape index (κ1) is 50.4. The molecule has 0 fully saturated rings. The molecule has 16 heteroatoms. The van der Waals surface area contributed by atoms with E-state index in [-0.39, 0.29) is 25.9 Å². The lowest BCUT2D eigenvalue weighted by Gasteiger charge is -2.30. The third kappa shape index (κ3) is 17.5. The minimum absolute atomic E-state index is 0.0383. The van der Waals surface area contributed by atoms with Crippen LogP contribution in [0.1, 0.15) is 63.3 Å². The van der Waals surface area contributed by atoms with E-state index in [1.165, 1.54) is 7.11 Å². The molecule has 16 nitrogen and oxygen atoms in total.